The summed E-state index contributed by atoms with van der Waals surface area (Å²) in [6.07, 6.45) is 3.86. The van der Waals surface area contributed by atoms with Crippen LogP contribution in [0.25, 0.3) is 0 Å². The van der Waals surface area contributed by atoms with Gasteiger partial charge in [-0.05, 0) is 43.9 Å². The first-order valence-electron chi connectivity index (χ1n) is 9.24. The number of hydrogen-bond donors (Lipinski definition) is 3. The molecule has 5 heteroatoms. The highest BCUT2D eigenvalue weighted by Crippen LogP contribution is 2.30. The molecule has 5 nitrogen and oxygen atoms in total. The van der Waals surface area contributed by atoms with Gasteiger partial charge >= 0.3 is 0 Å². The van der Waals surface area contributed by atoms with Gasteiger partial charge < -0.3 is 20.5 Å². The Balaban J connectivity index is 4.31. The van der Waals surface area contributed by atoms with E-state index in [1.807, 2.05) is 0 Å². The Hall–Kier alpha value is -0.810. The molecule has 3 N–H and O–H groups in total. The van der Waals surface area contributed by atoms with Crippen molar-refractivity contribution in [2.24, 2.45) is 16.3 Å². The molecule has 0 fully saturated rings. The minimum atomic E-state index is 0.109. The maximum absolute atomic E-state index is 9.30. The monoisotopic (exact) mass is 329 g/mol. The van der Waals surface area contributed by atoms with Crippen molar-refractivity contribution in [3.63, 3.8) is 0 Å². The molecule has 0 unspecified atom stereocenters. The van der Waals surface area contributed by atoms with Crippen LogP contribution in [-0.4, -0.2) is 50.5 Å². The van der Waals surface area contributed by atoms with Gasteiger partial charge in [0, 0.05) is 39.5 Å². The fraction of sp³-hybridized carbons (Fsp3) is 0.944. The lowest BCUT2D eigenvalue weighted by Gasteiger charge is -2.29. The Labute approximate surface area is 143 Å². The summed E-state index contributed by atoms with van der Waals surface area (Å²) in [7, 11) is 0. The molecule has 0 aromatic rings. The van der Waals surface area contributed by atoms with Gasteiger partial charge in [-0.15, -0.1) is 0 Å². The second-order valence-corrected chi connectivity index (χ2v) is 6.62. The zero-order chi connectivity index (χ0) is 17.6. The molecule has 0 atom stereocenters. The summed E-state index contributed by atoms with van der Waals surface area (Å²) < 4.78 is 5.59. The Morgan fingerprint density at radius 2 is 1.87 bits per heavy atom. The van der Waals surface area contributed by atoms with E-state index in [4.69, 9.17) is 9.73 Å². The Morgan fingerprint density at radius 1 is 1.17 bits per heavy atom. The second-order valence-electron chi connectivity index (χ2n) is 6.62. The highest BCUT2D eigenvalue weighted by Gasteiger charge is 2.25. The van der Waals surface area contributed by atoms with Crippen molar-refractivity contribution in [3.8, 4) is 0 Å². The number of hydrogen-bond acceptors (Lipinski definition) is 3. The minimum absolute atomic E-state index is 0.109. The van der Waals surface area contributed by atoms with Crippen molar-refractivity contribution in [1.82, 2.24) is 10.6 Å². The second kappa shape index (κ2) is 13.6. The summed E-state index contributed by atoms with van der Waals surface area (Å²) in [5, 5.41) is 16.0. The number of aliphatic hydroxyl groups is 1. The van der Waals surface area contributed by atoms with Crippen molar-refractivity contribution in [3.05, 3.63) is 0 Å². The molecule has 23 heavy (non-hydrogen) atoms. The molecule has 0 aromatic carbocycles. The molecule has 0 aromatic heterocycles. The average Bonchev–Trinajstić information content (AvgIpc) is 2.54. The number of aliphatic hydroxyl groups excluding tert-OH is 1. The van der Waals surface area contributed by atoms with Gasteiger partial charge in [0.15, 0.2) is 5.96 Å². The van der Waals surface area contributed by atoms with Crippen LogP contribution in [0.1, 0.15) is 60.3 Å². The zero-order valence-corrected chi connectivity index (χ0v) is 16.0. The van der Waals surface area contributed by atoms with Crippen LogP contribution in [0, 0.1) is 11.3 Å². The highest BCUT2D eigenvalue weighted by atomic mass is 16.5. The van der Waals surface area contributed by atoms with Crippen LogP contribution in [0.15, 0.2) is 4.99 Å². The molecule has 0 saturated heterocycles. The lowest BCUT2D eigenvalue weighted by atomic mass is 9.79. The third-order valence-electron chi connectivity index (χ3n) is 4.27. The number of aliphatic imine (C=N–C) groups is 1. The molecule has 0 amide bonds. The van der Waals surface area contributed by atoms with Gasteiger partial charge in [-0.1, -0.05) is 27.7 Å². The van der Waals surface area contributed by atoms with E-state index >= 15 is 0 Å². The Morgan fingerprint density at radius 3 is 2.39 bits per heavy atom. The first kappa shape index (κ1) is 22.2. The van der Waals surface area contributed by atoms with Crippen LogP contribution < -0.4 is 10.6 Å². The Kier molecular flexibility index (Phi) is 13.1. The van der Waals surface area contributed by atoms with Crippen molar-refractivity contribution in [2.45, 2.75) is 60.3 Å². The third-order valence-corrected chi connectivity index (χ3v) is 4.27. The average molecular weight is 330 g/mol. The van der Waals surface area contributed by atoms with Crippen LogP contribution in [0.2, 0.25) is 0 Å². The van der Waals surface area contributed by atoms with Gasteiger partial charge in [0.2, 0.25) is 0 Å². The first-order valence-corrected chi connectivity index (χ1v) is 9.24. The fourth-order valence-corrected chi connectivity index (χ4v) is 2.43. The van der Waals surface area contributed by atoms with E-state index in [0.717, 1.165) is 64.5 Å². The molecule has 138 valence electrons. The van der Waals surface area contributed by atoms with Crippen molar-refractivity contribution in [2.75, 3.05) is 39.5 Å². The van der Waals surface area contributed by atoms with Crippen molar-refractivity contribution < 1.29 is 9.84 Å². The zero-order valence-electron chi connectivity index (χ0n) is 16.0. The largest absolute Gasteiger partial charge is 0.396 e. The summed E-state index contributed by atoms with van der Waals surface area (Å²) in [6, 6.07) is 0. The number of rotatable bonds is 13. The summed E-state index contributed by atoms with van der Waals surface area (Å²) in [5.41, 5.74) is 0.109. The Bertz CT molecular complexity index is 303. The van der Waals surface area contributed by atoms with E-state index in [-0.39, 0.29) is 12.0 Å². The summed E-state index contributed by atoms with van der Waals surface area (Å²) in [4.78, 5) is 4.73. The topological polar surface area (TPSA) is 65.9 Å². The molecule has 0 rings (SSSR count). The van der Waals surface area contributed by atoms with Crippen LogP contribution in [0.3, 0.4) is 0 Å². The van der Waals surface area contributed by atoms with E-state index < -0.39 is 0 Å². The standard InChI is InChI=1S/C18H39N3O2/c1-6-18(7-2,10-12-22)15-21-17(19-8-3)20-11-9-13-23-14-16(4)5/h16,22H,6-15H2,1-5H3,(H2,19,20,21). The lowest BCUT2D eigenvalue weighted by Crippen LogP contribution is -2.39. The van der Waals surface area contributed by atoms with Gasteiger partial charge in [0.05, 0.1) is 0 Å². The number of ether oxygens (including phenoxy) is 1. The van der Waals surface area contributed by atoms with Crippen LogP contribution in [0.4, 0.5) is 0 Å². The maximum Gasteiger partial charge on any atom is 0.191 e. The molecule has 0 aliphatic rings. The number of guanidine groups is 1. The molecule has 0 heterocycles. The first-order chi connectivity index (χ1) is 11.0. The smallest absolute Gasteiger partial charge is 0.191 e. The van der Waals surface area contributed by atoms with Crippen LogP contribution >= 0.6 is 0 Å². The summed E-state index contributed by atoms with van der Waals surface area (Å²) in [6.45, 7) is 15.0. The fourth-order valence-electron chi connectivity index (χ4n) is 2.43. The van der Waals surface area contributed by atoms with E-state index in [2.05, 4.69) is 45.3 Å². The van der Waals surface area contributed by atoms with E-state index in [1.54, 1.807) is 0 Å². The molecule has 0 aliphatic heterocycles. The quantitative estimate of drug-likeness (QED) is 0.276. The van der Waals surface area contributed by atoms with Crippen LogP contribution in [-0.2, 0) is 4.74 Å². The highest BCUT2D eigenvalue weighted by molar-refractivity contribution is 5.79. The van der Waals surface area contributed by atoms with Crippen molar-refractivity contribution in [1.29, 1.82) is 0 Å². The summed E-state index contributed by atoms with van der Waals surface area (Å²) >= 11 is 0. The number of nitrogens with zero attached hydrogens (tertiary/aromatic N) is 1. The van der Waals surface area contributed by atoms with Gasteiger partial charge in [-0.25, -0.2) is 0 Å². The van der Waals surface area contributed by atoms with Gasteiger partial charge in [0.1, 0.15) is 0 Å². The van der Waals surface area contributed by atoms with Gasteiger partial charge in [0.25, 0.3) is 0 Å². The lowest BCUT2D eigenvalue weighted by molar-refractivity contribution is 0.108. The number of nitrogens with one attached hydrogen (secondary N) is 2. The normalized spacial score (nSPS) is 12.7. The molecule has 0 radical (unpaired) electrons. The molecule has 0 saturated carbocycles. The maximum atomic E-state index is 9.30. The van der Waals surface area contributed by atoms with Gasteiger partial charge in [-0.2, -0.15) is 0 Å². The van der Waals surface area contributed by atoms with E-state index in [9.17, 15) is 5.11 Å². The SMILES string of the molecule is CCNC(=NCC(CC)(CC)CCO)NCCCOCC(C)C. The van der Waals surface area contributed by atoms with E-state index in [1.165, 1.54) is 0 Å². The van der Waals surface area contributed by atoms with E-state index in [0.29, 0.717) is 5.92 Å². The molecule has 0 aliphatic carbocycles. The minimum Gasteiger partial charge on any atom is -0.396 e. The van der Waals surface area contributed by atoms with Crippen molar-refractivity contribution >= 4 is 5.96 Å². The van der Waals surface area contributed by atoms with Crippen LogP contribution in [0.5, 0.6) is 0 Å². The third kappa shape index (κ3) is 10.6. The summed E-state index contributed by atoms with van der Waals surface area (Å²) in [5.74, 6) is 1.45. The molecular formula is C18H39N3O2. The molecule has 0 spiro atoms. The van der Waals surface area contributed by atoms with Gasteiger partial charge in [-0.3, -0.25) is 4.99 Å². The predicted molar refractivity (Wildman–Crippen MR) is 99.0 cm³/mol. The molecular weight excluding hydrogens is 290 g/mol. The molecule has 0 bridgehead atoms. The predicted octanol–water partition coefficient (Wildman–Crippen LogP) is 2.79.